The van der Waals surface area contributed by atoms with Crippen LogP contribution in [0.4, 0.5) is 11.5 Å². The van der Waals surface area contributed by atoms with Crippen molar-refractivity contribution in [1.82, 2.24) is 9.88 Å². The van der Waals surface area contributed by atoms with E-state index < -0.39 is 5.97 Å². The molecule has 0 saturated carbocycles. The Balaban J connectivity index is 2.09. The number of carbonyl (C=O) groups is 2. The summed E-state index contributed by atoms with van der Waals surface area (Å²) in [5, 5.41) is 12.1. The minimum absolute atomic E-state index is 0.0257. The Bertz CT molecular complexity index is 518. The van der Waals surface area contributed by atoms with Gasteiger partial charge in [-0.2, -0.15) is 0 Å². The number of hydrogen-bond donors (Lipinski definition) is 3. The van der Waals surface area contributed by atoms with Crippen LogP contribution in [0.2, 0.25) is 0 Å². The van der Waals surface area contributed by atoms with E-state index in [1.54, 1.807) is 11.9 Å². The van der Waals surface area contributed by atoms with Crippen molar-refractivity contribution in [2.24, 2.45) is 0 Å². The van der Waals surface area contributed by atoms with Crippen molar-refractivity contribution >= 4 is 23.4 Å². The van der Waals surface area contributed by atoms with E-state index >= 15 is 0 Å². The van der Waals surface area contributed by atoms with Gasteiger partial charge in [0.2, 0.25) is 5.91 Å². The van der Waals surface area contributed by atoms with E-state index in [-0.39, 0.29) is 23.2 Å². The van der Waals surface area contributed by atoms with Gasteiger partial charge in [0.25, 0.3) is 0 Å². The van der Waals surface area contributed by atoms with Crippen LogP contribution in [0.1, 0.15) is 23.2 Å². The summed E-state index contributed by atoms with van der Waals surface area (Å²) in [5.74, 6) is -0.507. The minimum Gasteiger partial charge on any atom is -0.478 e. The number of aromatic nitrogens is 1. The van der Waals surface area contributed by atoms with Crippen molar-refractivity contribution in [3.05, 3.63) is 17.8 Å². The van der Waals surface area contributed by atoms with Crippen molar-refractivity contribution in [3.63, 3.8) is 0 Å². The van der Waals surface area contributed by atoms with Gasteiger partial charge in [0.05, 0.1) is 17.4 Å². The molecule has 1 unspecified atom stereocenters. The minimum atomic E-state index is -1.08. The molecule has 1 aliphatic rings. The highest BCUT2D eigenvalue weighted by Crippen LogP contribution is 2.18. The molecule has 0 aliphatic carbocycles. The van der Waals surface area contributed by atoms with E-state index in [1.807, 2.05) is 0 Å². The predicted octanol–water partition coefficient (Wildman–Crippen LogP) is 0.395. The lowest BCUT2D eigenvalue weighted by Gasteiger charge is -2.30. The van der Waals surface area contributed by atoms with Gasteiger partial charge in [0.1, 0.15) is 5.82 Å². The Kier molecular flexibility index (Phi) is 3.55. The van der Waals surface area contributed by atoms with Crippen molar-refractivity contribution in [3.8, 4) is 0 Å². The second-order valence-corrected chi connectivity index (χ2v) is 4.62. The number of anilines is 2. The molecule has 2 rings (SSSR count). The molecular weight excluding hydrogens is 248 g/mol. The number of hydrogen-bond acceptors (Lipinski definition) is 5. The maximum Gasteiger partial charge on any atom is 0.337 e. The molecular formula is C12H16N4O3. The Morgan fingerprint density at radius 3 is 3.00 bits per heavy atom. The number of likely N-dealkylation sites (tertiary alicyclic amines) is 1. The number of nitrogens with two attached hydrogens (primary N) is 1. The summed E-state index contributed by atoms with van der Waals surface area (Å²) in [4.78, 5) is 28.0. The molecule has 1 fully saturated rings. The molecule has 102 valence electrons. The monoisotopic (exact) mass is 264 g/mol. The highest BCUT2D eigenvalue weighted by molar-refractivity contribution is 5.94. The first-order valence-corrected chi connectivity index (χ1v) is 5.96. The quantitative estimate of drug-likeness (QED) is 0.729. The average Bonchev–Trinajstić information content (AvgIpc) is 2.36. The fourth-order valence-electron chi connectivity index (χ4n) is 2.07. The van der Waals surface area contributed by atoms with Crippen molar-refractivity contribution in [1.29, 1.82) is 0 Å². The molecule has 1 atom stereocenters. The number of piperidine rings is 1. The van der Waals surface area contributed by atoms with E-state index in [4.69, 9.17) is 10.8 Å². The third-order valence-corrected chi connectivity index (χ3v) is 3.14. The maximum atomic E-state index is 11.4. The molecule has 19 heavy (non-hydrogen) atoms. The number of likely N-dealkylation sites (N-methyl/N-ethyl adjacent to an activating group) is 1. The van der Waals surface area contributed by atoms with Crippen LogP contribution in [0, 0.1) is 0 Å². The highest BCUT2D eigenvalue weighted by Gasteiger charge is 2.23. The summed E-state index contributed by atoms with van der Waals surface area (Å²) in [6.45, 7) is 0.577. The van der Waals surface area contributed by atoms with Gasteiger partial charge in [0.15, 0.2) is 0 Å². The summed E-state index contributed by atoms with van der Waals surface area (Å²) < 4.78 is 0. The normalized spacial score (nSPS) is 19.3. The van der Waals surface area contributed by atoms with Gasteiger partial charge in [-0.1, -0.05) is 0 Å². The van der Waals surface area contributed by atoms with Crippen LogP contribution in [-0.2, 0) is 4.79 Å². The third kappa shape index (κ3) is 2.93. The summed E-state index contributed by atoms with van der Waals surface area (Å²) >= 11 is 0. The van der Waals surface area contributed by atoms with Crippen molar-refractivity contribution < 1.29 is 14.7 Å². The Labute approximate surface area is 110 Å². The van der Waals surface area contributed by atoms with Gasteiger partial charge >= 0.3 is 5.97 Å². The van der Waals surface area contributed by atoms with Crippen LogP contribution in [0.3, 0.4) is 0 Å². The Hall–Kier alpha value is -2.31. The second-order valence-electron chi connectivity index (χ2n) is 4.62. The molecule has 4 N–H and O–H groups in total. The standard InChI is InChI=1S/C12H16N4O3/c1-16-6-7(2-3-11(16)17)15-10-4-8(12(18)19)9(13)5-14-10/h4-5,7H,2-3,6,13H2,1H3,(H,14,15)(H,18,19). The summed E-state index contributed by atoms with van der Waals surface area (Å²) in [6, 6.07) is 1.48. The Morgan fingerprint density at radius 2 is 2.37 bits per heavy atom. The maximum absolute atomic E-state index is 11.4. The second kappa shape index (κ2) is 5.13. The number of carboxylic acid groups (broad SMARTS) is 1. The van der Waals surface area contributed by atoms with Gasteiger partial charge in [-0.3, -0.25) is 4.79 Å². The first kappa shape index (κ1) is 13.1. The number of rotatable bonds is 3. The largest absolute Gasteiger partial charge is 0.478 e. The van der Waals surface area contributed by atoms with E-state index in [1.165, 1.54) is 12.3 Å². The molecule has 1 aromatic heterocycles. The summed E-state index contributed by atoms with van der Waals surface area (Å²) in [6.07, 6.45) is 2.51. The molecule has 1 amide bonds. The molecule has 1 aromatic rings. The number of aromatic carboxylic acids is 1. The number of carboxylic acids is 1. The molecule has 0 spiro atoms. The van der Waals surface area contributed by atoms with Gasteiger partial charge in [-0.15, -0.1) is 0 Å². The zero-order valence-electron chi connectivity index (χ0n) is 10.6. The van der Waals surface area contributed by atoms with E-state index in [9.17, 15) is 9.59 Å². The average molecular weight is 264 g/mol. The first-order valence-electron chi connectivity index (χ1n) is 5.96. The predicted molar refractivity (Wildman–Crippen MR) is 69.9 cm³/mol. The molecule has 0 bridgehead atoms. The van der Waals surface area contributed by atoms with Gasteiger partial charge in [-0.05, 0) is 12.5 Å². The van der Waals surface area contributed by atoms with Crippen LogP contribution in [0.5, 0.6) is 0 Å². The lowest BCUT2D eigenvalue weighted by Crippen LogP contribution is -2.43. The molecule has 0 aromatic carbocycles. The van der Waals surface area contributed by atoms with Crippen LogP contribution in [-0.4, -0.2) is 46.5 Å². The van der Waals surface area contributed by atoms with E-state index in [0.717, 1.165) is 0 Å². The topological polar surface area (TPSA) is 109 Å². The van der Waals surface area contributed by atoms with E-state index in [0.29, 0.717) is 25.2 Å². The summed E-state index contributed by atoms with van der Waals surface area (Å²) in [7, 11) is 1.75. The Morgan fingerprint density at radius 1 is 1.63 bits per heavy atom. The number of nitrogens with zero attached hydrogens (tertiary/aromatic N) is 2. The molecule has 1 saturated heterocycles. The van der Waals surface area contributed by atoms with Crippen molar-refractivity contribution in [2.45, 2.75) is 18.9 Å². The fourth-order valence-corrected chi connectivity index (χ4v) is 2.07. The zero-order chi connectivity index (χ0) is 14.0. The lowest BCUT2D eigenvalue weighted by atomic mass is 10.1. The first-order chi connectivity index (χ1) is 8.97. The van der Waals surface area contributed by atoms with Gasteiger partial charge in [0, 0.05) is 26.1 Å². The van der Waals surface area contributed by atoms with Crippen LogP contribution in [0.15, 0.2) is 12.3 Å². The highest BCUT2D eigenvalue weighted by atomic mass is 16.4. The lowest BCUT2D eigenvalue weighted by molar-refractivity contribution is -0.132. The summed E-state index contributed by atoms with van der Waals surface area (Å²) in [5.41, 5.74) is 5.70. The fraction of sp³-hybridized carbons (Fsp3) is 0.417. The van der Waals surface area contributed by atoms with Crippen LogP contribution >= 0.6 is 0 Å². The number of nitrogen functional groups attached to an aromatic ring is 1. The SMILES string of the molecule is CN1CC(Nc2cc(C(=O)O)c(N)cn2)CCC1=O. The zero-order valence-corrected chi connectivity index (χ0v) is 10.6. The number of nitrogens with one attached hydrogen (secondary N) is 1. The van der Waals surface area contributed by atoms with E-state index in [2.05, 4.69) is 10.3 Å². The number of pyridine rings is 1. The molecule has 7 nitrogen and oxygen atoms in total. The molecule has 0 radical (unpaired) electrons. The number of amides is 1. The number of carbonyl (C=O) groups excluding carboxylic acids is 1. The van der Waals surface area contributed by atoms with Gasteiger partial charge in [-0.25, -0.2) is 9.78 Å². The van der Waals surface area contributed by atoms with Gasteiger partial charge < -0.3 is 21.1 Å². The molecule has 2 heterocycles. The molecule has 7 heteroatoms. The molecule has 1 aliphatic heterocycles. The smallest absolute Gasteiger partial charge is 0.337 e. The third-order valence-electron chi connectivity index (χ3n) is 3.14. The van der Waals surface area contributed by atoms with Crippen LogP contribution in [0.25, 0.3) is 0 Å². The van der Waals surface area contributed by atoms with Crippen molar-refractivity contribution in [2.75, 3.05) is 24.6 Å². The van der Waals surface area contributed by atoms with Crippen LogP contribution < -0.4 is 11.1 Å².